The molecular weight excluding hydrogens is 314 g/mol. The van der Waals surface area contributed by atoms with Crippen LogP contribution in [0.15, 0.2) is 91.3 Å². The van der Waals surface area contributed by atoms with Gasteiger partial charge in [-0.1, -0.05) is 69.5 Å². The molecule has 0 aromatic heterocycles. The van der Waals surface area contributed by atoms with Crippen LogP contribution in [0, 0.1) is 0 Å². The molecule has 26 heavy (non-hydrogen) atoms. The van der Waals surface area contributed by atoms with Crippen molar-refractivity contribution < 1.29 is 0 Å². The SMILES string of the molecule is C=C/C=C(\C=C/C)N(CC)/C(C=C)=C/C=C1\CC(C)(C)c2ccccc21. The Kier molecular flexibility index (Phi) is 6.63. The van der Waals surface area contributed by atoms with E-state index in [1.165, 1.54) is 16.7 Å². The van der Waals surface area contributed by atoms with E-state index in [2.05, 4.69) is 81.3 Å². The normalized spacial score (nSPS) is 18.2. The van der Waals surface area contributed by atoms with Crippen molar-refractivity contribution in [3.05, 3.63) is 102 Å². The number of likely N-dealkylation sites (N-methyl/N-ethyl adjacent to an activating group) is 1. The number of allylic oxidation sites excluding steroid dienone is 8. The minimum absolute atomic E-state index is 0.188. The fraction of sp³-hybridized carbons (Fsp3) is 0.280. The van der Waals surface area contributed by atoms with E-state index in [1.807, 2.05) is 31.2 Å². The highest BCUT2D eigenvalue weighted by Gasteiger charge is 2.32. The van der Waals surface area contributed by atoms with Gasteiger partial charge in [0.15, 0.2) is 0 Å². The highest BCUT2D eigenvalue weighted by atomic mass is 15.1. The van der Waals surface area contributed by atoms with Gasteiger partial charge in [0, 0.05) is 17.9 Å². The van der Waals surface area contributed by atoms with Crippen molar-refractivity contribution in [2.24, 2.45) is 0 Å². The lowest BCUT2D eigenvalue weighted by Gasteiger charge is -2.25. The van der Waals surface area contributed by atoms with E-state index in [9.17, 15) is 0 Å². The molecule has 1 aromatic carbocycles. The maximum atomic E-state index is 4.03. The first-order chi connectivity index (χ1) is 12.5. The molecule has 0 saturated carbocycles. The second-order valence-corrected chi connectivity index (χ2v) is 7.17. The first-order valence-corrected chi connectivity index (χ1v) is 9.34. The first kappa shape index (κ1) is 19.8. The average Bonchev–Trinajstić information content (AvgIpc) is 2.89. The van der Waals surface area contributed by atoms with Gasteiger partial charge in [0.2, 0.25) is 0 Å². The molecule has 2 rings (SSSR count). The maximum absolute atomic E-state index is 4.03. The molecule has 0 radical (unpaired) electrons. The van der Waals surface area contributed by atoms with E-state index in [4.69, 9.17) is 0 Å². The fourth-order valence-electron chi connectivity index (χ4n) is 3.66. The first-order valence-electron chi connectivity index (χ1n) is 9.34. The van der Waals surface area contributed by atoms with Gasteiger partial charge in [-0.3, -0.25) is 0 Å². The van der Waals surface area contributed by atoms with Crippen LogP contribution in [-0.2, 0) is 5.41 Å². The van der Waals surface area contributed by atoms with E-state index in [-0.39, 0.29) is 5.41 Å². The number of nitrogens with zero attached hydrogens (tertiary/aromatic N) is 1. The van der Waals surface area contributed by atoms with Crippen molar-refractivity contribution in [2.45, 2.75) is 39.5 Å². The van der Waals surface area contributed by atoms with Crippen molar-refractivity contribution in [3.8, 4) is 0 Å². The molecule has 0 saturated heterocycles. The quantitative estimate of drug-likeness (QED) is 0.492. The molecule has 1 heteroatoms. The van der Waals surface area contributed by atoms with Gasteiger partial charge in [0.05, 0.1) is 0 Å². The van der Waals surface area contributed by atoms with Crippen molar-refractivity contribution in [2.75, 3.05) is 6.54 Å². The molecule has 0 spiro atoms. The van der Waals surface area contributed by atoms with Crippen molar-refractivity contribution >= 4 is 5.57 Å². The minimum atomic E-state index is 0.188. The second kappa shape index (κ2) is 8.71. The molecule has 0 N–H and O–H groups in total. The Balaban J connectivity index is 2.43. The molecule has 1 nitrogen and oxygen atoms in total. The van der Waals surface area contributed by atoms with E-state index >= 15 is 0 Å². The largest absolute Gasteiger partial charge is 0.342 e. The number of hydrogen-bond donors (Lipinski definition) is 0. The molecule has 136 valence electrons. The van der Waals surface area contributed by atoms with E-state index in [0.717, 1.165) is 24.4 Å². The monoisotopic (exact) mass is 345 g/mol. The van der Waals surface area contributed by atoms with Crippen LogP contribution in [0.2, 0.25) is 0 Å². The van der Waals surface area contributed by atoms with Crippen molar-refractivity contribution in [1.29, 1.82) is 0 Å². The van der Waals surface area contributed by atoms with Crippen molar-refractivity contribution in [3.63, 3.8) is 0 Å². The summed E-state index contributed by atoms with van der Waals surface area (Å²) >= 11 is 0. The van der Waals surface area contributed by atoms with Gasteiger partial charge in [-0.05, 0) is 66.7 Å². The Morgan fingerprint density at radius 2 is 1.88 bits per heavy atom. The van der Waals surface area contributed by atoms with Crippen LogP contribution in [0.25, 0.3) is 5.57 Å². The second-order valence-electron chi connectivity index (χ2n) is 7.17. The lowest BCUT2D eigenvalue weighted by atomic mass is 9.86. The van der Waals surface area contributed by atoms with Crippen LogP contribution < -0.4 is 0 Å². The Labute approximate surface area is 159 Å². The molecule has 0 atom stereocenters. The number of benzene rings is 1. The smallest absolute Gasteiger partial charge is 0.0407 e. The summed E-state index contributed by atoms with van der Waals surface area (Å²) in [6.07, 6.45) is 15.4. The van der Waals surface area contributed by atoms with Gasteiger partial charge in [-0.2, -0.15) is 0 Å². The summed E-state index contributed by atoms with van der Waals surface area (Å²) in [7, 11) is 0. The molecular formula is C25H31N. The van der Waals surface area contributed by atoms with Gasteiger partial charge < -0.3 is 4.90 Å². The van der Waals surface area contributed by atoms with Crippen LogP contribution in [0.1, 0.15) is 45.2 Å². The summed E-state index contributed by atoms with van der Waals surface area (Å²) in [5, 5.41) is 0. The summed E-state index contributed by atoms with van der Waals surface area (Å²) < 4.78 is 0. The Morgan fingerprint density at radius 1 is 1.15 bits per heavy atom. The third-order valence-corrected chi connectivity index (χ3v) is 4.86. The standard InChI is InChI=1S/C25H31N/c1-7-13-22(14-8-2)26(10-4)21(9-3)18-17-20-19-25(5,6)24-16-12-11-15-23(20)24/h7-9,11-18H,1,3,10,19H2,2,4-6H3/b14-8-,20-17+,21-18+,22-13+. The Bertz CT molecular complexity index is 784. The summed E-state index contributed by atoms with van der Waals surface area (Å²) in [5.74, 6) is 0. The summed E-state index contributed by atoms with van der Waals surface area (Å²) in [6, 6.07) is 8.75. The molecule has 0 unspecified atom stereocenters. The molecule has 0 aliphatic heterocycles. The number of fused-ring (bicyclic) bond motifs is 1. The lowest BCUT2D eigenvalue weighted by Crippen LogP contribution is -2.20. The zero-order chi connectivity index (χ0) is 19.2. The molecule has 0 bridgehead atoms. The average molecular weight is 346 g/mol. The number of hydrogen-bond acceptors (Lipinski definition) is 1. The zero-order valence-electron chi connectivity index (χ0n) is 16.6. The van der Waals surface area contributed by atoms with Gasteiger partial charge in [0.1, 0.15) is 0 Å². The Morgan fingerprint density at radius 3 is 2.50 bits per heavy atom. The fourth-order valence-corrected chi connectivity index (χ4v) is 3.66. The molecule has 0 amide bonds. The summed E-state index contributed by atoms with van der Waals surface area (Å²) in [6.45, 7) is 17.6. The molecule has 0 fully saturated rings. The van der Waals surface area contributed by atoms with Crippen LogP contribution in [0.3, 0.4) is 0 Å². The van der Waals surface area contributed by atoms with E-state index in [0.29, 0.717) is 0 Å². The third kappa shape index (κ3) is 4.16. The van der Waals surface area contributed by atoms with Gasteiger partial charge in [0.25, 0.3) is 0 Å². The highest BCUT2D eigenvalue weighted by molar-refractivity contribution is 5.76. The molecule has 1 aliphatic rings. The molecule has 1 aliphatic carbocycles. The summed E-state index contributed by atoms with van der Waals surface area (Å²) in [5.41, 5.74) is 6.59. The maximum Gasteiger partial charge on any atom is 0.0407 e. The van der Waals surface area contributed by atoms with Crippen LogP contribution in [-0.4, -0.2) is 11.4 Å². The predicted octanol–water partition coefficient (Wildman–Crippen LogP) is 6.79. The minimum Gasteiger partial charge on any atom is -0.342 e. The van der Waals surface area contributed by atoms with Crippen LogP contribution >= 0.6 is 0 Å². The van der Waals surface area contributed by atoms with Gasteiger partial charge in [-0.15, -0.1) is 0 Å². The number of rotatable bonds is 7. The molecule has 0 heterocycles. The van der Waals surface area contributed by atoms with Crippen LogP contribution in [0.5, 0.6) is 0 Å². The molecule has 1 aromatic rings. The summed E-state index contributed by atoms with van der Waals surface area (Å²) in [4.78, 5) is 2.25. The third-order valence-electron chi connectivity index (χ3n) is 4.86. The van der Waals surface area contributed by atoms with Crippen molar-refractivity contribution in [1.82, 2.24) is 4.90 Å². The van der Waals surface area contributed by atoms with Gasteiger partial charge >= 0.3 is 0 Å². The van der Waals surface area contributed by atoms with Crippen LogP contribution in [0.4, 0.5) is 0 Å². The predicted molar refractivity (Wildman–Crippen MR) is 116 cm³/mol. The Hall–Kier alpha value is -2.54. The zero-order valence-corrected chi connectivity index (χ0v) is 16.6. The lowest BCUT2D eigenvalue weighted by molar-refractivity contribution is 0.478. The van der Waals surface area contributed by atoms with Gasteiger partial charge in [-0.25, -0.2) is 0 Å². The highest BCUT2D eigenvalue weighted by Crippen LogP contribution is 2.45. The topological polar surface area (TPSA) is 3.24 Å². The van der Waals surface area contributed by atoms with E-state index < -0.39 is 0 Å². The van der Waals surface area contributed by atoms with E-state index in [1.54, 1.807) is 0 Å².